The van der Waals surface area contributed by atoms with Crippen molar-refractivity contribution in [1.29, 1.82) is 0 Å². The zero-order valence-electron chi connectivity index (χ0n) is 9.90. The summed E-state index contributed by atoms with van der Waals surface area (Å²) in [5.74, 6) is 0.172. The topological polar surface area (TPSA) is 49.5 Å². The van der Waals surface area contributed by atoms with Crippen molar-refractivity contribution in [2.24, 2.45) is 11.7 Å². The van der Waals surface area contributed by atoms with Crippen LogP contribution in [0.5, 0.6) is 0 Å². The van der Waals surface area contributed by atoms with E-state index in [0.29, 0.717) is 24.6 Å². The van der Waals surface area contributed by atoms with Crippen molar-refractivity contribution >= 4 is 0 Å². The number of rotatable bonds is 4. The standard InChI is InChI=1S/C13H19FN2O/c14-13-2-1-10(6-15)5-12(13)8-16-4-3-11(7-16)9-17/h1-2,5,11,17H,3-4,6-9,15H2. The predicted octanol–water partition coefficient (Wildman–Crippen LogP) is 1.10. The van der Waals surface area contributed by atoms with E-state index < -0.39 is 0 Å². The molecule has 0 spiro atoms. The van der Waals surface area contributed by atoms with Gasteiger partial charge in [-0.25, -0.2) is 4.39 Å². The number of hydrogen-bond acceptors (Lipinski definition) is 3. The molecule has 17 heavy (non-hydrogen) atoms. The van der Waals surface area contributed by atoms with Crippen molar-refractivity contribution in [3.05, 3.63) is 35.1 Å². The molecule has 0 aliphatic carbocycles. The molecule has 1 atom stereocenters. The van der Waals surface area contributed by atoms with Crippen LogP contribution in [0.2, 0.25) is 0 Å². The van der Waals surface area contributed by atoms with E-state index in [1.54, 1.807) is 6.07 Å². The van der Waals surface area contributed by atoms with Crippen LogP contribution < -0.4 is 5.73 Å². The molecule has 2 rings (SSSR count). The molecule has 0 amide bonds. The Labute approximate surface area is 101 Å². The SMILES string of the molecule is NCc1ccc(F)c(CN2CCC(CO)C2)c1. The Morgan fingerprint density at radius 1 is 1.47 bits per heavy atom. The largest absolute Gasteiger partial charge is 0.396 e. The Morgan fingerprint density at radius 3 is 2.94 bits per heavy atom. The van der Waals surface area contributed by atoms with E-state index >= 15 is 0 Å². The second kappa shape index (κ2) is 5.58. The summed E-state index contributed by atoms with van der Waals surface area (Å²) >= 11 is 0. The third-order valence-electron chi connectivity index (χ3n) is 3.37. The molecular weight excluding hydrogens is 219 g/mol. The lowest BCUT2D eigenvalue weighted by Crippen LogP contribution is -2.21. The maximum Gasteiger partial charge on any atom is 0.127 e. The highest BCUT2D eigenvalue weighted by Gasteiger charge is 2.22. The summed E-state index contributed by atoms with van der Waals surface area (Å²) in [4.78, 5) is 2.18. The van der Waals surface area contributed by atoms with Crippen LogP contribution in [0.15, 0.2) is 18.2 Å². The van der Waals surface area contributed by atoms with E-state index in [1.807, 2.05) is 6.07 Å². The molecule has 1 aromatic carbocycles. The summed E-state index contributed by atoms with van der Waals surface area (Å²) < 4.78 is 13.6. The monoisotopic (exact) mass is 238 g/mol. The second-order valence-electron chi connectivity index (χ2n) is 4.70. The van der Waals surface area contributed by atoms with Gasteiger partial charge < -0.3 is 10.8 Å². The zero-order valence-corrected chi connectivity index (χ0v) is 9.90. The van der Waals surface area contributed by atoms with Gasteiger partial charge in [-0.1, -0.05) is 12.1 Å². The molecule has 1 heterocycles. The van der Waals surface area contributed by atoms with Crippen molar-refractivity contribution in [2.75, 3.05) is 19.7 Å². The van der Waals surface area contributed by atoms with Crippen LogP contribution in [-0.4, -0.2) is 29.7 Å². The molecule has 0 aromatic heterocycles. The van der Waals surface area contributed by atoms with Crippen molar-refractivity contribution in [3.8, 4) is 0 Å². The first-order valence-corrected chi connectivity index (χ1v) is 6.03. The number of nitrogens with zero attached hydrogens (tertiary/aromatic N) is 1. The molecule has 0 radical (unpaired) electrons. The summed E-state index contributed by atoms with van der Waals surface area (Å²) in [6, 6.07) is 5.04. The van der Waals surface area contributed by atoms with Gasteiger partial charge in [0.2, 0.25) is 0 Å². The summed E-state index contributed by atoms with van der Waals surface area (Å²) in [6.45, 7) is 3.05. The minimum atomic E-state index is -0.172. The van der Waals surface area contributed by atoms with E-state index in [9.17, 15) is 4.39 Å². The number of nitrogens with two attached hydrogens (primary N) is 1. The average molecular weight is 238 g/mol. The lowest BCUT2D eigenvalue weighted by molar-refractivity contribution is 0.219. The van der Waals surface area contributed by atoms with Crippen LogP contribution in [-0.2, 0) is 13.1 Å². The summed E-state index contributed by atoms with van der Waals surface area (Å²) in [5.41, 5.74) is 7.21. The smallest absolute Gasteiger partial charge is 0.127 e. The second-order valence-corrected chi connectivity index (χ2v) is 4.70. The highest BCUT2D eigenvalue weighted by atomic mass is 19.1. The summed E-state index contributed by atoms with van der Waals surface area (Å²) in [5, 5.41) is 9.07. The van der Waals surface area contributed by atoms with E-state index in [-0.39, 0.29) is 12.4 Å². The van der Waals surface area contributed by atoms with E-state index in [1.165, 1.54) is 6.07 Å². The fourth-order valence-electron chi connectivity index (χ4n) is 2.32. The molecule has 3 nitrogen and oxygen atoms in total. The van der Waals surface area contributed by atoms with Gasteiger partial charge in [0.1, 0.15) is 5.82 Å². The fourth-order valence-corrected chi connectivity index (χ4v) is 2.32. The van der Waals surface area contributed by atoms with Gasteiger partial charge in [0, 0.05) is 31.8 Å². The average Bonchev–Trinajstić information content (AvgIpc) is 2.80. The lowest BCUT2D eigenvalue weighted by atomic mass is 10.1. The van der Waals surface area contributed by atoms with Crippen LogP contribution in [0.3, 0.4) is 0 Å². The van der Waals surface area contributed by atoms with Crippen LogP contribution in [0.1, 0.15) is 17.5 Å². The Morgan fingerprint density at radius 2 is 2.29 bits per heavy atom. The maximum atomic E-state index is 13.6. The van der Waals surface area contributed by atoms with Crippen molar-refractivity contribution in [3.63, 3.8) is 0 Å². The van der Waals surface area contributed by atoms with Crippen molar-refractivity contribution in [1.82, 2.24) is 4.90 Å². The van der Waals surface area contributed by atoms with Crippen molar-refractivity contribution in [2.45, 2.75) is 19.5 Å². The van der Waals surface area contributed by atoms with Gasteiger partial charge >= 0.3 is 0 Å². The first-order chi connectivity index (χ1) is 8.22. The Balaban J connectivity index is 2.03. The molecule has 1 aliphatic rings. The van der Waals surface area contributed by atoms with Gasteiger partial charge in [-0.3, -0.25) is 4.90 Å². The number of benzene rings is 1. The Kier molecular flexibility index (Phi) is 4.10. The first kappa shape index (κ1) is 12.5. The van der Waals surface area contributed by atoms with E-state index in [2.05, 4.69) is 4.90 Å². The van der Waals surface area contributed by atoms with Gasteiger partial charge in [-0.15, -0.1) is 0 Å². The normalized spacial score (nSPS) is 21.0. The fraction of sp³-hybridized carbons (Fsp3) is 0.538. The van der Waals surface area contributed by atoms with Gasteiger partial charge in [-0.2, -0.15) is 0 Å². The van der Waals surface area contributed by atoms with Gasteiger partial charge in [0.15, 0.2) is 0 Å². The number of likely N-dealkylation sites (tertiary alicyclic amines) is 1. The molecule has 1 fully saturated rings. The molecule has 94 valence electrons. The molecule has 1 unspecified atom stereocenters. The molecule has 1 aromatic rings. The number of aliphatic hydroxyl groups is 1. The highest BCUT2D eigenvalue weighted by molar-refractivity contribution is 5.25. The molecule has 4 heteroatoms. The van der Waals surface area contributed by atoms with Crippen LogP contribution in [0.4, 0.5) is 4.39 Å². The van der Waals surface area contributed by atoms with Crippen molar-refractivity contribution < 1.29 is 9.50 Å². The van der Waals surface area contributed by atoms with Gasteiger partial charge in [-0.05, 0) is 30.5 Å². The number of aliphatic hydroxyl groups excluding tert-OH is 1. The van der Waals surface area contributed by atoms with Gasteiger partial charge in [0.05, 0.1) is 0 Å². The van der Waals surface area contributed by atoms with Gasteiger partial charge in [0.25, 0.3) is 0 Å². The number of halogens is 1. The lowest BCUT2D eigenvalue weighted by Gasteiger charge is -2.16. The van der Waals surface area contributed by atoms with Crippen LogP contribution in [0, 0.1) is 11.7 Å². The quantitative estimate of drug-likeness (QED) is 0.826. The third-order valence-corrected chi connectivity index (χ3v) is 3.37. The highest BCUT2D eigenvalue weighted by Crippen LogP contribution is 2.20. The molecule has 0 bridgehead atoms. The zero-order chi connectivity index (χ0) is 12.3. The third kappa shape index (κ3) is 3.03. The van der Waals surface area contributed by atoms with E-state index in [0.717, 1.165) is 25.1 Å². The van der Waals surface area contributed by atoms with Crippen LogP contribution >= 0.6 is 0 Å². The minimum absolute atomic E-state index is 0.172. The molecule has 1 aliphatic heterocycles. The molecule has 3 N–H and O–H groups in total. The van der Waals surface area contributed by atoms with Crippen LogP contribution in [0.25, 0.3) is 0 Å². The summed E-state index contributed by atoms with van der Waals surface area (Å²) in [6.07, 6.45) is 0.995. The summed E-state index contributed by atoms with van der Waals surface area (Å²) in [7, 11) is 0. The Bertz CT molecular complexity index is 384. The molecule has 0 saturated carbocycles. The molecule has 1 saturated heterocycles. The maximum absolute atomic E-state index is 13.6. The predicted molar refractivity (Wildman–Crippen MR) is 64.8 cm³/mol. The molecular formula is C13H19FN2O. The Hall–Kier alpha value is -0.970. The first-order valence-electron chi connectivity index (χ1n) is 6.03. The van der Waals surface area contributed by atoms with E-state index in [4.69, 9.17) is 10.8 Å². The number of hydrogen-bond donors (Lipinski definition) is 2. The minimum Gasteiger partial charge on any atom is -0.396 e.